The number of fused-ring (bicyclic) bond motifs is 1. The Morgan fingerprint density at radius 3 is 2.97 bits per heavy atom. The van der Waals surface area contributed by atoms with E-state index in [4.69, 9.17) is 11.6 Å². The first-order valence-electron chi connectivity index (χ1n) is 11.0. The van der Waals surface area contributed by atoms with E-state index in [-0.39, 0.29) is 28.2 Å². The van der Waals surface area contributed by atoms with Crippen molar-refractivity contribution >= 4 is 52.3 Å². The van der Waals surface area contributed by atoms with E-state index in [1.54, 1.807) is 12.1 Å². The smallest absolute Gasteiger partial charge is 0.263 e. The summed E-state index contributed by atoms with van der Waals surface area (Å²) in [7, 11) is 0. The van der Waals surface area contributed by atoms with Crippen LogP contribution >= 0.6 is 23.4 Å². The summed E-state index contributed by atoms with van der Waals surface area (Å²) in [4.78, 5) is 25.3. The van der Waals surface area contributed by atoms with E-state index in [1.807, 2.05) is 12.1 Å². The Morgan fingerprint density at radius 1 is 1.34 bits per heavy atom. The summed E-state index contributed by atoms with van der Waals surface area (Å²) in [6, 6.07) is 12.5. The number of para-hydroxylation sites is 1. The number of benzene rings is 2. The first kappa shape index (κ1) is 23.4. The molecule has 0 spiro atoms. The predicted molar refractivity (Wildman–Crippen MR) is 135 cm³/mol. The number of rotatable bonds is 4. The molecule has 2 aromatic carbocycles. The molecule has 1 aromatic heterocycles. The maximum absolute atomic E-state index is 14.4. The summed E-state index contributed by atoms with van der Waals surface area (Å²) >= 11 is 7.44. The second-order valence-electron chi connectivity index (χ2n) is 8.20. The van der Waals surface area contributed by atoms with Crippen LogP contribution < -0.4 is 20.4 Å². The van der Waals surface area contributed by atoms with Gasteiger partial charge in [-0.15, -0.1) is 0 Å². The number of thioether (sulfide) groups is 1. The number of nitrogens with zero attached hydrogens (tertiary/aromatic N) is 5. The zero-order valence-electron chi connectivity index (χ0n) is 18.8. The van der Waals surface area contributed by atoms with Crippen LogP contribution in [0.25, 0.3) is 0 Å². The molecule has 0 bridgehead atoms. The number of halogens is 2. The van der Waals surface area contributed by atoms with Gasteiger partial charge in [-0.05, 0) is 37.3 Å². The second kappa shape index (κ2) is 9.70. The average molecular weight is 510 g/mol. The number of hydrogen-bond acceptors (Lipinski definition) is 8. The van der Waals surface area contributed by atoms with E-state index >= 15 is 0 Å². The Morgan fingerprint density at radius 2 is 2.20 bits per heavy atom. The zero-order valence-corrected chi connectivity index (χ0v) is 20.3. The molecule has 2 aliphatic rings. The Labute approximate surface area is 211 Å². The molecule has 1 amide bonds. The highest BCUT2D eigenvalue weighted by Gasteiger charge is 2.31. The molecule has 1 fully saturated rings. The van der Waals surface area contributed by atoms with Gasteiger partial charge < -0.3 is 15.5 Å². The van der Waals surface area contributed by atoms with Gasteiger partial charge in [0.2, 0.25) is 5.95 Å². The molecule has 8 nitrogen and oxygen atoms in total. The van der Waals surface area contributed by atoms with Crippen molar-refractivity contribution in [2.75, 3.05) is 40.6 Å². The van der Waals surface area contributed by atoms with E-state index in [1.165, 1.54) is 35.0 Å². The molecule has 0 radical (unpaired) electrons. The molecule has 2 aliphatic heterocycles. The zero-order chi connectivity index (χ0) is 24.5. The lowest BCUT2D eigenvalue weighted by Crippen LogP contribution is -2.50. The summed E-state index contributed by atoms with van der Waals surface area (Å²) in [6.45, 7) is 4.69. The van der Waals surface area contributed by atoms with Crippen LogP contribution in [0.5, 0.6) is 0 Å². The normalized spacial score (nSPS) is 17.7. The molecular weight excluding hydrogens is 489 g/mol. The lowest BCUT2D eigenvalue weighted by molar-refractivity contribution is 0.0985. The molecule has 5 rings (SSSR count). The largest absolute Gasteiger partial charge is 0.365 e. The number of nitrogens with one attached hydrogen (secondary N) is 2. The van der Waals surface area contributed by atoms with Gasteiger partial charge in [-0.1, -0.05) is 29.4 Å². The summed E-state index contributed by atoms with van der Waals surface area (Å²) in [5.74, 6) is -0.521. The fourth-order valence-corrected chi connectivity index (χ4v) is 5.42. The highest BCUT2D eigenvalue weighted by Crippen LogP contribution is 2.37. The molecular formula is C24H21ClFN7OS. The number of hydrogen-bond donors (Lipinski definition) is 2. The van der Waals surface area contributed by atoms with Gasteiger partial charge >= 0.3 is 0 Å². The minimum atomic E-state index is -0.568. The topological polar surface area (TPSA) is 97.2 Å². The van der Waals surface area contributed by atoms with Gasteiger partial charge in [0.15, 0.2) is 0 Å². The highest BCUT2D eigenvalue weighted by atomic mass is 35.5. The predicted octanol–water partition coefficient (Wildman–Crippen LogP) is 4.39. The molecule has 2 N–H and O–H groups in total. The van der Waals surface area contributed by atoms with Crippen LogP contribution in [0.1, 0.15) is 22.8 Å². The van der Waals surface area contributed by atoms with Gasteiger partial charge in [0, 0.05) is 37.6 Å². The summed E-state index contributed by atoms with van der Waals surface area (Å²) in [5, 5.41) is 16.9. The molecule has 0 unspecified atom stereocenters. The molecule has 3 heterocycles. The van der Waals surface area contributed by atoms with E-state index in [0.717, 1.165) is 25.3 Å². The van der Waals surface area contributed by atoms with Crippen LogP contribution in [0.15, 0.2) is 47.6 Å². The Hall–Kier alpha value is -3.39. The first-order valence-corrected chi connectivity index (χ1v) is 12.4. The molecule has 178 valence electrons. The van der Waals surface area contributed by atoms with Gasteiger partial charge in [0.25, 0.3) is 5.91 Å². The maximum Gasteiger partial charge on any atom is 0.263 e. The molecule has 35 heavy (non-hydrogen) atoms. The highest BCUT2D eigenvalue weighted by molar-refractivity contribution is 7.99. The Kier molecular flexibility index (Phi) is 6.47. The summed E-state index contributed by atoms with van der Waals surface area (Å²) in [6.07, 6.45) is 1.42. The minimum Gasteiger partial charge on any atom is -0.365 e. The summed E-state index contributed by atoms with van der Waals surface area (Å²) in [5.41, 5.74) is 2.43. The molecule has 0 saturated carbocycles. The van der Waals surface area contributed by atoms with Gasteiger partial charge in [-0.3, -0.25) is 9.69 Å². The lowest BCUT2D eigenvalue weighted by Gasteiger charge is -2.36. The molecule has 11 heteroatoms. The number of carbonyl (C=O) groups excluding carboxylic acids is 1. The van der Waals surface area contributed by atoms with Crippen LogP contribution in [0.2, 0.25) is 5.02 Å². The van der Waals surface area contributed by atoms with Crippen LogP contribution in [0.3, 0.4) is 0 Å². The quantitative estimate of drug-likeness (QED) is 0.500. The van der Waals surface area contributed by atoms with Gasteiger partial charge in [0.1, 0.15) is 16.9 Å². The van der Waals surface area contributed by atoms with E-state index < -0.39 is 11.7 Å². The van der Waals surface area contributed by atoms with Gasteiger partial charge in [-0.25, -0.2) is 14.4 Å². The number of nitriles is 1. The van der Waals surface area contributed by atoms with Crippen molar-refractivity contribution < 1.29 is 9.18 Å². The Balaban J connectivity index is 1.37. The molecule has 0 aliphatic carbocycles. The summed E-state index contributed by atoms with van der Waals surface area (Å²) < 4.78 is 14.4. The van der Waals surface area contributed by atoms with Crippen molar-refractivity contribution in [3.05, 3.63) is 64.6 Å². The number of piperazine rings is 1. The SMILES string of the molecule is C[C@@H]1CNCCN1c1ccc(Nc2ncc3c(n2)SCN(c2c(F)cccc2Cl)C3=O)cc1C#N. The fourth-order valence-electron chi connectivity index (χ4n) is 4.21. The van der Waals surface area contributed by atoms with Crippen LogP contribution in [0, 0.1) is 17.1 Å². The molecule has 1 saturated heterocycles. The molecule has 3 aromatic rings. The van der Waals surface area contributed by atoms with E-state index in [2.05, 4.69) is 38.5 Å². The first-order chi connectivity index (χ1) is 17.0. The van der Waals surface area contributed by atoms with Crippen molar-refractivity contribution in [1.82, 2.24) is 15.3 Å². The second-order valence-corrected chi connectivity index (χ2v) is 9.55. The van der Waals surface area contributed by atoms with Crippen LogP contribution in [-0.2, 0) is 0 Å². The third kappa shape index (κ3) is 4.50. The number of anilines is 4. The minimum absolute atomic E-state index is 0.0439. The monoisotopic (exact) mass is 509 g/mol. The fraction of sp³-hybridized carbons (Fsp3) is 0.250. The maximum atomic E-state index is 14.4. The van der Waals surface area contributed by atoms with Crippen molar-refractivity contribution in [2.24, 2.45) is 0 Å². The third-order valence-corrected chi connectivity index (χ3v) is 7.23. The van der Waals surface area contributed by atoms with Crippen molar-refractivity contribution in [2.45, 2.75) is 18.0 Å². The Bertz CT molecular complexity index is 1330. The van der Waals surface area contributed by atoms with E-state index in [9.17, 15) is 14.4 Å². The number of amides is 1. The number of carbonyl (C=O) groups is 1. The van der Waals surface area contributed by atoms with Crippen LogP contribution in [-0.4, -0.2) is 47.4 Å². The van der Waals surface area contributed by atoms with Crippen molar-refractivity contribution in [3.8, 4) is 6.07 Å². The van der Waals surface area contributed by atoms with Gasteiger partial charge in [0.05, 0.1) is 33.4 Å². The standard InChI is InChI=1S/C24H21ClFN7OS/c1-14-11-28-7-8-32(14)20-6-5-16(9-15(20)10-27)30-24-29-12-17-22(31-24)35-13-33(23(17)34)21-18(25)3-2-4-19(21)26/h2-6,9,12,14,28H,7-8,11,13H2,1H3,(H,29,30,31)/t14-/m1/s1. The van der Waals surface area contributed by atoms with E-state index in [0.29, 0.717) is 22.2 Å². The van der Waals surface area contributed by atoms with Gasteiger partial charge in [-0.2, -0.15) is 5.26 Å². The average Bonchev–Trinajstić information content (AvgIpc) is 2.85. The molecule has 1 atom stereocenters. The number of aromatic nitrogens is 2. The van der Waals surface area contributed by atoms with Crippen molar-refractivity contribution in [3.63, 3.8) is 0 Å². The van der Waals surface area contributed by atoms with Crippen LogP contribution in [0.4, 0.5) is 27.4 Å². The third-order valence-electron chi connectivity index (χ3n) is 5.95. The lowest BCUT2D eigenvalue weighted by atomic mass is 10.1. The van der Waals surface area contributed by atoms with Crippen molar-refractivity contribution in [1.29, 1.82) is 5.26 Å².